The predicted octanol–water partition coefficient (Wildman–Crippen LogP) is 1.24. The number of fused-ring (bicyclic) bond motifs is 1. The van der Waals surface area contributed by atoms with Gasteiger partial charge in [-0.2, -0.15) is 8.78 Å². The Morgan fingerprint density at radius 1 is 1.24 bits per heavy atom. The van der Waals surface area contributed by atoms with E-state index in [0.29, 0.717) is 28.4 Å². The summed E-state index contributed by atoms with van der Waals surface area (Å²) < 4.78 is 25.4. The molecule has 0 aliphatic carbocycles. The summed E-state index contributed by atoms with van der Waals surface area (Å²) in [4.78, 5) is 41.8. The van der Waals surface area contributed by atoms with Gasteiger partial charge in [-0.25, -0.2) is 0 Å². The Balaban J connectivity index is 2.04. The monoisotopic (exact) mass is 541 g/mol. The number of nitrogens with zero attached hydrogens (tertiary/aromatic N) is 2. The second kappa shape index (κ2) is 12.4. The second-order valence-corrected chi connectivity index (χ2v) is 10.5. The third-order valence-corrected chi connectivity index (χ3v) is 8.13. The van der Waals surface area contributed by atoms with E-state index in [1.807, 2.05) is 24.8 Å². The number of hydrogen-bond donors (Lipinski definition) is 5. The van der Waals surface area contributed by atoms with E-state index in [9.17, 15) is 23.2 Å². The van der Waals surface area contributed by atoms with Crippen molar-refractivity contribution in [2.45, 2.75) is 55.1 Å². The first kappa shape index (κ1) is 29.1. The summed E-state index contributed by atoms with van der Waals surface area (Å²) >= 11 is 1.26. The molecule has 0 spiro atoms. The van der Waals surface area contributed by atoms with Crippen molar-refractivity contribution in [1.29, 1.82) is 0 Å². The Labute approximate surface area is 220 Å². The van der Waals surface area contributed by atoms with Crippen LogP contribution in [0.25, 0.3) is 0 Å². The smallest absolute Gasteiger partial charge is 0.315 e. The van der Waals surface area contributed by atoms with Gasteiger partial charge in [0.15, 0.2) is 0 Å². The highest BCUT2D eigenvalue weighted by Gasteiger charge is 2.46. The summed E-state index contributed by atoms with van der Waals surface area (Å²) in [5.74, 6) is -1.92. The zero-order valence-electron chi connectivity index (χ0n) is 21.9. The van der Waals surface area contributed by atoms with Crippen LogP contribution in [0, 0.1) is 0 Å². The van der Waals surface area contributed by atoms with Crippen LogP contribution in [0.15, 0.2) is 17.0 Å². The van der Waals surface area contributed by atoms with Crippen LogP contribution >= 0.6 is 11.8 Å². The summed E-state index contributed by atoms with van der Waals surface area (Å²) in [6.07, 6.45) is -1.27. The third kappa shape index (κ3) is 6.00. The van der Waals surface area contributed by atoms with Gasteiger partial charge in [0.2, 0.25) is 4.99 Å². The highest BCUT2D eigenvalue weighted by atomic mass is 32.2. The summed E-state index contributed by atoms with van der Waals surface area (Å²) in [6, 6.07) is 3.51. The number of nitrogens with one attached hydrogen (secondary N) is 5. The van der Waals surface area contributed by atoms with E-state index in [4.69, 9.17) is 0 Å². The molecule has 1 fully saturated rings. The molecule has 0 unspecified atom stereocenters. The number of carbonyl (C=O) groups is 3. The quantitative estimate of drug-likeness (QED) is 0.281. The van der Waals surface area contributed by atoms with Gasteiger partial charge < -0.3 is 25.8 Å². The summed E-state index contributed by atoms with van der Waals surface area (Å²) in [5.41, 5.74) is 1.51. The van der Waals surface area contributed by atoms with Gasteiger partial charge in [0.1, 0.15) is 0 Å². The molecule has 206 valence electrons. The van der Waals surface area contributed by atoms with E-state index in [-0.39, 0.29) is 37.0 Å². The Hall–Kier alpha value is -2.48. The summed E-state index contributed by atoms with van der Waals surface area (Å²) in [6.45, 7) is 5.37. The van der Waals surface area contributed by atoms with Gasteiger partial charge in [-0.3, -0.25) is 25.0 Å². The maximum atomic E-state index is 13.9. The fourth-order valence-electron chi connectivity index (χ4n) is 4.82. The van der Waals surface area contributed by atoms with Crippen molar-refractivity contribution < 1.29 is 23.2 Å². The van der Waals surface area contributed by atoms with E-state index < -0.39 is 17.3 Å². The van der Waals surface area contributed by atoms with Gasteiger partial charge in [0, 0.05) is 49.3 Å². The van der Waals surface area contributed by atoms with E-state index in [2.05, 4.69) is 26.6 Å². The lowest BCUT2D eigenvalue weighted by molar-refractivity contribution is -0.131. The van der Waals surface area contributed by atoms with E-state index in [1.54, 1.807) is 27.2 Å². The van der Waals surface area contributed by atoms with Gasteiger partial charge >= 0.3 is 6.43 Å². The largest absolute Gasteiger partial charge is 0.387 e. The minimum absolute atomic E-state index is 0.0416. The molecule has 2 heterocycles. The Morgan fingerprint density at radius 3 is 2.49 bits per heavy atom. The number of anilines is 2. The number of hydrogen-bond acceptors (Lipinski definition) is 8. The van der Waals surface area contributed by atoms with Gasteiger partial charge in [0.05, 0.1) is 11.3 Å². The molecule has 2 aliphatic heterocycles. The number of alkyl halides is 2. The van der Waals surface area contributed by atoms with Gasteiger partial charge in [-0.05, 0) is 59.5 Å². The first-order valence-electron chi connectivity index (χ1n) is 12.4. The zero-order valence-corrected chi connectivity index (χ0v) is 22.7. The molecule has 1 atom stereocenters. The van der Waals surface area contributed by atoms with Crippen molar-refractivity contribution in [1.82, 2.24) is 26.2 Å². The maximum Gasteiger partial charge on any atom is 0.315 e. The van der Waals surface area contributed by atoms with Crippen LogP contribution in [-0.4, -0.2) is 93.4 Å². The fourth-order valence-corrected chi connectivity index (χ4v) is 6.00. The van der Waals surface area contributed by atoms with Gasteiger partial charge in [-0.15, -0.1) is 0 Å². The number of amides is 3. The lowest BCUT2D eigenvalue weighted by Crippen LogP contribution is -2.64. The molecule has 1 aromatic rings. The molecule has 2 aliphatic rings. The van der Waals surface area contributed by atoms with Crippen molar-refractivity contribution in [2.75, 3.05) is 57.5 Å². The highest BCUT2D eigenvalue weighted by molar-refractivity contribution is 8.01. The molecule has 10 nitrogen and oxygen atoms in total. The summed E-state index contributed by atoms with van der Waals surface area (Å²) in [5, 5.41) is 14.7. The number of benzene rings is 1. The normalized spacial score (nSPS) is 19.1. The number of piperidine rings is 1. The number of thioether (sulfide) groups is 1. The van der Waals surface area contributed by atoms with Crippen molar-refractivity contribution in [3.63, 3.8) is 0 Å². The Kier molecular flexibility index (Phi) is 9.73. The average molecular weight is 542 g/mol. The maximum absolute atomic E-state index is 13.9. The van der Waals surface area contributed by atoms with Crippen LogP contribution in [0.4, 0.5) is 20.2 Å². The van der Waals surface area contributed by atoms with E-state index >= 15 is 0 Å². The standard InChI is InChI=1S/C24H37F2N7O3S/c1-14(2)33(15-7-6-8-30-13-15)22(35)16-11-18-19(12-17(16)27-3)37-24(28-4,29-5)23(36)32(18)10-9-31-21(34)20(25)26/h11-12,14-15,20,27-30H,6-10,13H2,1-5H3,(H,31,34)/t15-/m1/s1. The van der Waals surface area contributed by atoms with Crippen LogP contribution in [0.2, 0.25) is 0 Å². The summed E-state index contributed by atoms with van der Waals surface area (Å²) in [7, 11) is 5.01. The molecule has 0 saturated carbocycles. The van der Waals surface area contributed by atoms with Crippen LogP contribution < -0.4 is 31.5 Å². The first-order chi connectivity index (χ1) is 17.6. The predicted molar refractivity (Wildman–Crippen MR) is 141 cm³/mol. The van der Waals surface area contributed by atoms with Crippen LogP contribution in [0.1, 0.15) is 37.0 Å². The molecule has 13 heteroatoms. The molecule has 3 amide bonds. The highest BCUT2D eigenvalue weighted by Crippen LogP contribution is 2.45. The minimum atomic E-state index is -3.15. The fraction of sp³-hybridized carbons (Fsp3) is 0.625. The molecule has 3 rings (SSSR count). The lowest BCUT2D eigenvalue weighted by Gasteiger charge is -2.42. The third-order valence-electron chi connectivity index (χ3n) is 6.69. The molecule has 0 aromatic heterocycles. The molecule has 37 heavy (non-hydrogen) atoms. The average Bonchev–Trinajstić information content (AvgIpc) is 2.89. The van der Waals surface area contributed by atoms with E-state index in [1.165, 1.54) is 16.7 Å². The van der Waals surface area contributed by atoms with Crippen molar-refractivity contribution >= 4 is 40.9 Å². The molecule has 0 radical (unpaired) electrons. The molecular weight excluding hydrogens is 504 g/mol. The number of rotatable bonds is 10. The van der Waals surface area contributed by atoms with Crippen LogP contribution in [-0.2, 0) is 9.59 Å². The van der Waals surface area contributed by atoms with Crippen molar-refractivity contribution in [2.24, 2.45) is 0 Å². The van der Waals surface area contributed by atoms with E-state index in [0.717, 1.165) is 19.4 Å². The molecular formula is C24H37F2N7O3S. The molecule has 0 bridgehead atoms. The second-order valence-electron chi connectivity index (χ2n) is 9.25. The Morgan fingerprint density at radius 2 is 1.95 bits per heavy atom. The molecule has 1 aromatic carbocycles. The topological polar surface area (TPSA) is 118 Å². The Bertz CT molecular complexity index is 1000. The van der Waals surface area contributed by atoms with Crippen molar-refractivity contribution in [3.8, 4) is 0 Å². The SMILES string of the molecule is CNc1cc2c(cc1C(=O)N(C(C)C)[C@@H]1CCCNC1)N(CCNC(=O)C(F)F)C(=O)C(NC)(NC)S2. The van der Waals surface area contributed by atoms with Gasteiger partial charge in [0.25, 0.3) is 17.7 Å². The van der Waals surface area contributed by atoms with Gasteiger partial charge in [-0.1, -0.05) is 11.8 Å². The number of carbonyl (C=O) groups excluding carboxylic acids is 3. The lowest BCUT2D eigenvalue weighted by atomic mass is 10.0. The van der Waals surface area contributed by atoms with Crippen LogP contribution in [0.5, 0.6) is 0 Å². The van der Waals surface area contributed by atoms with Crippen molar-refractivity contribution in [3.05, 3.63) is 17.7 Å². The molecule has 1 saturated heterocycles. The number of likely N-dealkylation sites (N-methyl/N-ethyl adjacent to an activating group) is 2. The molecule has 5 N–H and O–H groups in total. The number of halogens is 2. The minimum Gasteiger partial charge on any atom is -0.387 e. The zero-order chi connectivity index (χ0) is 27.3. The first-order valence-corrected chi connectivity index (χ1v) is 13.3. The van der Waals surface area contributed by atoms with Crippen LogP contribution in [0.3, 0.4) is 0 Å².